The monoisotopic (exact) mass is 699 g/mol. The zero-order valence-electron chi connectivity index (χ0n) is 30.5. The second-order valence-electron chi connectivity index (χ2n) is 12.5. The highest BCUT2D eigenvalue weighted by atomic mass is 31.2. The molecule has 0 aromatic rings. The molecule has 0 bridgehead atoms. The number of allylic oxidation sites excluding steroid dienone is 6. The summed E-state index contributed by atoms with van der Waals surface area (Å²) in [6.45, 7) is 3.64. The van der Waals surface area contributed by atoms with Gasteiger partial charge in [-0.3, -0.25) is 18.6 Å². The molecule has 0 saturated carbocycles. The number of nitrogens with two attached hydrogens (primary N) is 1. The third-order valence-corrected chi connectivity index (χ3v) is 8.76. The Bertz CT molecular complexity index is 892. The van der Waals surface area contributed by atoms with Crippen molar-refractivity contribution in [2.24, 2.45) is 5.73 Å². The van der Waals surface area contributed by atoms with Gasteiger partial charge in [0.1, 0.15) is 6.61 Å². The Morgan fingerprint density at radius 3 is 1.65 bits per heavy atom. The van der Waals surface area contributed by atoms with Crippen LogP contribution in [0.15, 0.2) is 36.5 Å². The van der Waals surface area contributed by atoms with Crippen molar-refractivity contribution in [2.45, 2.75) is 168 Å². The lowest BCUT2D eigenvalue weighted by Crippen LogP contribution is -2.29. The van der Waals surface area contributed by atoms with Gasteiger partial charge in [-0.2, -0.15) is 0 Å². The molecule has 0 aliphatic rings. The molecule has 0 saturated heterocycles. The van der Waals surface area contributed by atoms with Gasteiger partial charge in [0.2, 0.25) is 0 Å². The van der Waals surface area contributed by atoms with Crippen LogP contribution in [0.25, 0.3) is 0 Å². The predicted octanol–water partition coefficient (Wildman–Crippen LogP) is 10.2. The third-order valence-electron chi connectivity index (χ3n) is 7.78. The minimum atomic E-state index is -4.37. The van der Waals surface area contributed by atoms with Crippen molar-refractivity contribution < 1.29 is 37.6 Å². The number of unbranched alkanes of at least 4 members (excludes halogenated alkanes) is 17. The van der Waals surface area contributed by atoms with E-state index in [1.165, 1.54) is 51.4 Å². The van der Waals surface area contributed by atoms with Crippen molar-refractivity contribution >= 4 is 19.8 Å². The predicted molar refractivity (Wildman–Crippen MR) is 197 cm³/mol. The molecule has 0 rings (SSSR count). The van der Waals surface area contributed by atoms with Gasteiger partial charge < -0.3 is 20.1 Å². The first-order chi connectivity index (χ1) is 23.3. The smallest absolute Gasteiger partial charge is 0.462 e. The van der Waals surface area contributed by atoms with Gasteiger partial charge in [-0.25, -0.2) is 4.57 Å². The van der Waals surface area contributed by atoms with Crippen LogP contribution in [0.1, 0.15) is 162 Å². The van der Waals surface area contributed by atoms with Crippen LogP contribution in [0.4, 0.5) is 0 Å². The van der Waals surface area contributed by atoms with Gasteiger partial charge in [0.05, 0.1) is 13.2 Å². The molecule has 10 heteroatoms. The Labute approximate surface area is 293 Å². The van der Waals surface area contributed by atoms with E-state index in [1.54, 1.807) is 0 Å². The summed E-state index contributed by atoms with van der Waals surface area (Å²) in [7, 11) is -4.37. The summed E-state index contributed by atoms with van der Waals surface area (Å²) >= 11 is 0. The largest absolute Gasteiger partial charge is 0.472 e. The number of carbonyl (C=O) groups excluding carboxylic acids is 2. The van der Waals surface area contributed by atoms with Gasteiger partial charge in [-0.15, -0.1) is 0 Å². The average molecular weight is 700 g/mol. The lowest BCUT2D eigenvalue weighted by atomic mass is 10.1. The standard InChI is InChI=1S/C38H70NO8P/c1-3-5-7-9-11-13-15-17-18-19-21-23-25-27-29-31-38(41)47-36(35-46-48(42,43)45-33-32-39)34-44-37(40)30-28-26-24-22-20-16-14-12-10-8-6-4-2/h12-15,17-18,36H,3-11,16,19-35,39H2,1-2H3,(H,42,43)/b14-12+,15-13+,18-17+/t36-/m1/s1. The highest BCUT2D eigenvalue weighted by Gasteiger charge is 2.25. The molecule has 0 heterocycles. The van der Waals surface area contributed by atoms with E-state index in [0.29, 0.717) is 6.42 Å². The third kappa shape index (κ3) is 34.1. The first kappa shape index (κ1) is 46.2. The van der Waals surface area contributed by atoms with E-state index in [-0.39, 0.29) is 32.6 Å². The van der Waals surface area contributed by atoms with Crippen molar-refractivity contribution in [2.75, 3.05) is 26.4 Å². The van der Waals surface area contributed by atoms with E-state index in [2.05, 4.69) is 50.3 Å². The summed E-state index contributed by atoms with van der Waals surface area (Å²) in [6, 6.07) is 0. The van der Waals surface area contributed by atoms with E-state index in [1.807, 2.05) is 0 Å². The van der Waals surface area contributed by atoms with Crippen LogP contribution in [0.2, 0.25) is 0 Å². The van der Waals surface area contributed by atoms with Gasteiger partial charge >= 0.3 is 19.8 Å². The number of phosphoric ester groups is 1. The lowest BCUT2D eigenvalue weighted by molar-refractivity contribution is -0.161. The minimum Gasteiger partial charge on any atom is -0.462 e. The van der Waals surface area contributed by atoms with Crippen LogP contribution in [0.5, 0.6) is 0 Å². The number of phosphoric acid groups is 1. The van der Waals surface area contributed by atoms with Crippen molar-refractivity contribution in [1.29, 1.82) is 0 Å². The fourth-order valence-corrected chi connectivity index (χ4v) is 5.68. The van der Waals surface area contributed by atoms with Gasteiger partial charge in [0.25, 0.3) is 0 Å². The summed E-state index contributed by atoms with van der Waals surface area (Å²) in [6.07, 6.45) is 36.0. The molecule has 0 fully saturated rings. The van der Waals surface area contributed by atoms with Gasteiger partial charge in [0, 0.05) is 19.4 Å². The number of hydrogen-bond donors (Lipinski definition) is 2. The molecule has 48 heavy (non-hydrogen) atoms. The summed E-state index contributed by atoms with van der Waals surface area (Å²) in [5.41, 5.74) is 5.33. The van der Waals surface area contributed by atoms with E-state index in [0.717, 1.165) is 77.0 Å². The summed E-state index contributed by atoms with van der Waals surface area (Å²) in [4.78, 5) is 34.7. The Morgan fingerprint density at radius 2 is 1.08 bits per heavy atom. The van der Waals surface area contributed by atoms with Crippen molar-refractivity contribution in [3.63, 3.8) is 0 Å². The Balaban J connectivity index is 4.28. The van der Waals surface area contributed by atoms with Crippen LogP contribution < -0.4 is 5.73 Å². The topological polar surface area (TPSA) is 134 Å². The summed E-state index contributed by atoms with van der Waals surface area (Å²) < 4.78 is 32.6. The zero-order valence-corrected chi connectivity index (χ0v) is 31.4. The van der Waals surface area contributed by atoms with Crippen LogP contribution >= 0.6 is 7.82 Å². The zero-order chi connectivity index (χ0) is 35.4. The van der Waals surface area contributed by atoms with Crippen LogP contribution in [0.3, 0.4) is 0 Å². The molecule has 0 spiro atoms. The van der Waals surface area contributed by atoms with E-state index < -0.39 is 32.5 Å². The van der Waals surface area contributed by atoms with Crippen molar-refractivity contribution in [3.05, 3.63) is 36.5 Å². The Kier molecular flexibility index (Phi) is 33.8. The SMILES string of the molecule is CCCCC/C=C/CCCCCCCC(=O)OC[C@H](COP(=O)(O)OCCN)OC(=O)CCCCCCC/C=C/C=C/CCCCCC. The first-order valence-electron chi connectivity index (χ1n) is 19.0. The molecular formula is C38H70NO8P. The maximum absolute atomic E-state index is 12.5. The van der Waals surface area contributed by atoms with E-state index in [9.17, 15) is 19.0 Å². The highest BCUT2D eigenvalue weighted by molar-refractivity contribution is 7.47. The number of hydrogen-bond acceptors (Lipinski definition) is 8. The van der Waals surface area contributed by atoms with Crippen LogP contribution in [-0.2, 0) is 32.7 Å². The normalized spacial score (nSPS) is 13.8. The average Bonchev–Trinajstić information content (AvgIpc) is 3.07. The second-order valence-corrected chi connectivity index (χ2v) is 13.9. The highest BCUT2D eigenvalue weighted by Crippen LogP contribution is 2.43. The molecule has 0 aromatic heterocycles. The maximum Gasteiger partial charge on any atom is 0.472 e. The lowest BCUT2D eigenvalue weighted by Gasteiger charge is -2.19. The maximum atomic E-state index is 12.5. The van der Waals surface area contributed by atoms with E-state index in [4.69, 9.17) is 24.3 Å². The number of rotatable bonds is 35. The fourth-order valence-electron chi connectivity index (χ4n) is 4.91. The van der Waals surface area contributed by atoms with Gasteiger partial charge in [0.15, 0.2) is 6.10 Å². The number of esters is 2. The fraction of sp³-hybridized carbons (Fsp3) is 0.789. The molecule has 0 aliphatic heterocycles. The molecule has 3 N–H and O–H groups in total. The van der Waals surface area contributed by atoms with Crippen molar-refractivity contribution in [3.8, 4) is 0 Å². The number of ether oxygens (including phenoxy) is 2. The molecule has 0 aliphatic carbocycles. The first-order valence-corrected chi connectivity index (χ1v) is 20.5. The molecule has 0 amide bonds. The van der Waals surface area contributed by atoms with E-state index >= 15 is 0 Å². The van der Waals surface area contributed by atoms with Crippen LogP contribution in [0, 0.1) is 0 Å². The quantitative estimate of drug-likeness (QED) is 0.0218. The van der Waals surface area contributed by atoms with Crippen LogP contribution in [-0.4, -0.2) is 49.3 Å². The molecule has 9 nitrogen and oxygen atoms in total. The Hall–Kier alpha value is -1.77. The summed E-state index contributed by atoms with van der Waals surface area (Å²) in [5, 5.41) is 0. The molecule has 2 atom stereocenters. The molecular weight excluding hydrogens is 629 g/mol. The number of carbonyl (C=O) groups is 2. The molecule has 0 aromatic carbocycles. The molecule has 0 radical (unpaired) electrons. The molecule has 280 valence electrons. The van der Waals surface area contributed by atoms with Gasteiger partial charge in [-0.1, -0.05) is 121 Å². The summed E-state index contributed by atoms with van der Waals surface area (Å²) in [5.74, 6) is -0.860. The minimum absolute atomic E-state index is 0.0490. The Morgan fingerprint density at radius 1 is 0.625 bits per heavy atom. The van der Waals surface area contributed by atoms with Gasteiger partial charge in [-0.05, 0) is 64.2 Å². The van der Waals surface area contributed by atoms with Crippen molar-refractivity contribution in [1.82, 2.24) is 0 Å². The second kappa shape index (κ2) is 35.1. The molecule has 1 unspecified atom stereocenters.